The lowest BCUT2D eigenvalue weighted by molar-refractivity contribution is 0.0683. The number of likely N-dealkylation sites (tertiary alicyclic amines) is 1. The third kappa shape index (κ3) is 3.63. The van der Waals surface area contributed by atoms with E-state index in [-0.39, 0.29) is 5.91 Å². The molecule has 4 nitrogen and oxygen atoms in total. The number of carbonyl (C=O) groups is 1. The van der Waals surface area contributed by atoms with Crippen LogP contribution in [-0.2, 0) is 6.54 Å². The molecule has 0 radical (unpaired) electrons. The van der Waals surface area contributed by atoms with Gasteiger partial charge in [0.1, 0.15) is 0 Å². The molecule has 1 saturated heterocycles. The number of aromatic nitrogens is 2. The van der Waals surface area contributed by atoms with E-state index in [4.69, 9.17) is 0 Å². The number of nitrogens with zero attached hydrogens (tertiary/aromatic N) is 3. The Balaban J connectivity index is 1.69. The quantitative estimate of drug-likeness (QED) is 0.871. The Bertz CT molecular complexity index is 687. The molecule has 1 aromatic carbocycles. The lowest BCUT2D eigenvalue weighted by Crippen LogP contribution is -2.39. The number of hydrogen-bond acceptors (Lipinski definition) is 2. The number of benzene rings is 1. The maximum absolute atomic E-state index is 12.6. The highest BCUT2D eigenvalue weighted by Crippen LogP contribution is 2.18. The zero-order chi connectivity index (χ0) is 16.4. The first-order chi connectivity index (χ1) is 11.0. The van der Waals surface area contributed by atoms with Crippen molar-refractivity contribution >= 4 is 5.91 Å². The van der Waals surface area contributed by atoms with Gasteiger partial charge in [0.25, 0.3) is 5.91 Å². The van der Waals surface area contributed by atoms with Crippen LogP contribution in [0.5, 0.6) is 0 Å². The summed E-state index contributed by atoms with van der Waals surface area (Å²) in [7, 11) is 0. The minimum Gasteiger partial charge on any atom is -0.338 e. The van der Waals surface area contributed by atoms with Gasteiger partial charge in [-0.1, -0.05) is 19.1 Å². The highest BCUT2D eigenvalue weighted by atomic mass is 16.2. The van der Waals surface area contributed by atoms with Crippen molar-refractivity contribution in [1.29, 1.82) is 0 Å². The molecule has 2 heterocycles. The van der Waals surface area contributed by atoms with E-state index < -0.39 is 0 Å². The van der Waals surface area contributed by atoms with E-state index in [1.54, 1.807) is 0 Å². The maximum Gasteiger partial charge on any atom is 0.253 e. The largest absolute Gasteiger partial charge is 0.338 e. The molecule has 4 heteroatoms. The summed E-state index contributed by atoms with van der Waals surface area (Å²) in [6, 6.07) is 10.1. The van der Waals surface area contributed by atoms with Crippen molar-refractivity contribution in [1.82, 2.24) is 14.7 Å². The lowest BCUT2D eigenvalue weighted by Gasteiger charge is -2.31. The van der Waals surface area contributed by atoms with Crippen molar-refractivity contribution in [2.24, 2.45) is 5.92 Å². The van der Waals surface area contributed by atoms with E-state index in [2.05, 4.69) is 25.0 Å². The Morgan fingerprint density at radius 3 is 2.61 bits per heavy atom. The number of rotatable bonds is 3. The van der Waals surface area contributed by atoms with Crippen LogP contribution in [0.2, 0.25) is 0 Å². The molecule has 0 bridgehead atoms. The maximum atomic E-state index is 12.6. The van der Waals surface area contributed by atoms with Crippen molar-refractivity contribution in [2.75, 3.05) is 13.1 Å². The molecule has 23 heavy (non-hydrogen) atoms. The topological polar surface area (TPSA) is 38.1 Å². The van der Waals surface area contributed by atoms with E-state index in [1.165, 1.54) is 12.0 Å². The molecule has 0 unspecified atom stereocenters. The van der Waals surface area contributed by atoms with E-state index in [1.807, 2.05) is 40.8 Å². The molecule has 0 saturated carbocycles. The monoisotopic (exact) mass is 311 g/mol. The summed E-state index contributed by atoms with van der Waals surface area (Å²) in [4.78, 5) is 14.6. The molecule has 1 amide bonds. The molecule has 122 valence electrons. The Morgan fingerprint density at radius 1 is 1.26 bits per heavy atom. The number of hydrogen-bond donors (Lipinski definition) is 0. The van der Waals surface area contributed by atoms with Crippen molar-refractivity contribution in [3.8, 4) is 0 Å². The van der Waals surface area contributed by atoms with E-state index in [9.17, 15) is 4.79 Å². The van der Waals surface area contributed by atoms with Crippen molar-refractivity contribution < 1.29 is 4.79 Å². The van der Waals surface area contributed by atoms with Crippen LogP contribution in [-0.4, -0.2) is 33.7 Å². The Labute approximate surface area is 138 Å². The fourth-order valence-electron chi connectivity index (χ4n) is 3.32. The van der Waals surface area contributed by atoms with Crippen molar-refractivity contribution in [3.63, 3.8) is 0 Å². The van der Waals surface area contributed by atoms with Crippen LogP contribution < -0.4 is 0 Å². The van der Waals surface area contributed by atoms with E-state index >= 15 is 0 Å². The second-order valence-electron chi connectivity index (χ2n) is 6.78. The third-order valence-electron chi connectivity index (χ3n) is 4.58. The smallest absolute Gasteiger partial charge is 0.253 e. The van der Waals surface area contributed by atoms with Gasteiger partial charge < -0.3 is 4.90 Å². The Hall–Kier alpha value is -2.10. The molecule has 2 aromatic rings. The SMILES string of the molecule is Cc1cc(C)n(Cc2ccc(C(=O)N3CCC[C@@H](C)C3)cc2)n1. The summed E-state index contributed by atoms with van der Waals surface area (Å²) in [6.07, 6.45) is 2.34. The van der Waals surface area contributed by atoms with E-state index in [0.29, 0.717) is 5.92 Å². The van der Waals surface area contributed by atoms with Crippen molar-refractivity contribution in [3.05, 3.63) is 52.8 Å². The first-order valence-electron chi connectivity index (χ1n) is 8.42. The lowest BCUT2D eigenvalue weighted by atomic mass is 9.99. The third-order valence-corrected chi connectivity index (χ3v) is 4.58. The molecule has 0 N–H and O–H groups in total. The molecule has 1 aromatic heterocycles. The van der Waals surface area contributed by atoms with Crippen LogP contribution >= 0.6 is 0 Å². The Morgan fingerprint density at radius 2 is 2.00 bits per heavy atom. The predicted molar refractivity (Wildman–Crippen MR) is 91.5 cm³/mol. The molecule has 3 rings (SSSR count). The van der Waals surface area contributed by atoms with Crippen LogP contribution in [0, 0.1) is 19.8 Å². The molecule has 0 aliphatic carbocycles. The molecule has 0 spiro atoms. The van der Waals surface area contributed by atoms with Crippen LogP contribution in [0.1, 0.15) is 47.1 Å². The van der Waals surface area contributed by atoms with Crippen LogP contribution in [0.15, 0.2) is 30.3 Å². The first-order valence-corrected chi connectivity index (χ1v) is 8.42. The van der Waals surface area contributed by atoms with Gasteiger partial charge in [0.15, 0.2) is 0 Å². The molecule has 1 fully saturated rings. The van der Waals surface area contributed by atoms with Crippen LogP contribution in [0.3, 0.4) is 0 Å². The minimum absolute atomic E-state index is 0.161. The van der Waals surface area contributed by atoms with Gasteiger partial charge in [0.05, 0.1) is 12.2 Å². The average molecular weight is 311 g/mol. The summed E-state index contributed by atoms with van der Waals surface area (Å²) in [6.45, 7) is 8.80. The molecule has 1 aliphatic heterocycles. The summed E-state index contributed by atoms with van der Waals surface area (Å²) in [5.74, 6) is 0.771. The standard InChI is InChI=1S/C19H25N3O/c1-14-5-4-10-21(12-14)19(23)18-8-6-17(7-9-18)13-22-16(3)11-15(2)20-22/h6-9,11,14H,4-5,10,12-13H2,1-3H3/t14-/m1/s1. The second-order valence-corrected chi connectivity index (χ2v) is 6.78. The minimum atomic E-state index is 0.161. The van der Waals surface area contributed by atoms with Gasteiger partial charge in [-0.15, -0.1) is 0 Å². The van der Waals surface area contributed by atoms with Gasteiger partial charge in [-0.05, 0) is 56.4 Å². The normalized spacial score (nSPS) is 18.2. The van der Waals surface area contributed by atoms with Gasteiger partial charge in [0, 0.05) is 24.3 Å². The molecular formula is C19H25N3O. The average Bonchev–Trinajstić information content (AvgIpc) is 2.85. The van der Waals surface area contributed by atoms with Gasteiger partial charge >= 0.3 is 0 Å². The number of carbonyl (C=O) groups excluding carboxylic acids is 1. The summed E-state index contributed by atoms with van der Waals surface area (Å²) < 4.78 is 2.00. The van der Waals surface area contributed by atoms with E-state index in [0.717, 1.165) is 43.0 Å². The summed E-state index contributed by atoms with van der Waals surface area (Å²) in [5, 5.41) is 4.49. The zero-order valence-corrected chi connectivity index (χ0v) is 14.2. The fourth-order valence-corrected chi connectivity index (χ4v) is 3.32. The van der Waals surface area contributed by atoms with Gasteiger partial charge in [-0.25, -0.2) is 0 Å². The van der Waals surface area contributed by atoms with Crippen LogP contribution in [0.4, 0.5) is 0 Å². The fraction of sp³-hybridized carbons (Fsp3) is 0.474. The molecular weight excluding hydrogens is 286 g/mol. The van der Waals surface area contributed by atoms with Crippen LogP contribution in [0.25, 0.3) is 0 Å². The zero-order valence-electron chi connectivity index (χ0n) is 14.2. The molecule has 1 aliphatic rings. The summed E-state index contributed by atoms with van der Waals surface area (Å²) >= 11 is 0. The number of amides is 1. The van der Waals surface area contributed by atoms with Gasteiger partial charge in [0.2, 0.25) is 0 Å². The van der Waals surface area contributed by atoms with Crippen molar-refractivity contribution in [2.45, 2.75) is 40.2 Å². The summed E-state index contributed by atoms with van der Waals surface area (Å²) in [5.41, 5.74) is 4.15. The number of aryl methyl sites for hydroxylation is 2. The number of piperidine rings is 1. The highest BCUT2D eigenvalue weighted by molar-refractivity contribution is 5.94. The second kappa shape index (κ2) is 6.57. The highest BCUT2D eigenvalue weighted by Gasteiger charge is 2.21. The predicted octanol–water partition coefficient (Wildman–Crippen LogP) is 3.42. The van der Waals surface area contributed by atoms with Gasteiger partial charge in [-0.2, -0.15) is 5.10 Å². The molecule has 1 atom stereocenters. The first kappa shape index (κ1) is 15.8. The Kier molecular flexibility index (Phi) is 4.51. The van der Waals surface area contributed by atoms with Gasteiger partial charge in [-0.3, -0.25) is 9.48 Å².